The number of amides is 1. The zero-order chi connectivity index (χ0) is 17.6. The van der Waals surface area contributed by atoms with Crippen LogP contribution in [0.1, 0.15) is 0 Å². The molecule has 0 radical (unpaired) electrons. The van der Waals surface area contributed by atoms with Crippen LogP contribution in [0.15, 0.2) is 61.4 Å². The summed E-state index contributed by atoms with van der Waals surface area (Å²) in [4.78, 5) is 20.1. The van der Waals surface area contributed by atoms with Crippen LogP contribution in [-0.2, 0) is 4.79 Å². The van der Waals surface area contributed by atoms with Gasteiger partial charge in [-0.05, 0) is 36.4 Å². The van der Waals surface area contributed by atoms with E-state index in [2.05, 4.69) is 27.8 Å². The van der Waals surface area contributed by atoms with E-state index in [1.165, 1.54) is 12.4 Å². The van der Waals surface area contributed by atoms with Gasteiger partial charge in [0, 0.05) is 16.6 Å². The largest absolute Gasteiger partial charge is 0.481 e. The van der Waals surface area contributed by atoms with Crippen molar-refractivity contribution in [3.8, 4) is 29.4 Å². The van der Waals surface area contributed by atoms with E-state index < -0.39 is 0 Å². The lowest BCUT2D eigenvalue weighted by Gasteiger charge is -2.09. The lowest BCUT2D eigenvalue weighted by atomic mass is 10.1. The van der Waals surface area contributed by atoms with Gasteiger partial charge in [0.1, 0.15) is 18.7 Å². The van der Waals surface area contributed by atoms with Crippen molar-refractivity contribution in [3.05, 3.63) is 61.4 Å². The van der Waals surface area contributed by atoms with Crippen molar-refractivity contribution in [2.75, 3.05) is 11.9 Å². The summed E-state index contributed by atoms with van der Waals surface area (Å²) in [6.45, 7) is 3.65. The summed E-state index contributed by atoms with van der Waals surface area (Å²) in [6, 6.07) is 13.0. The highest BCUT2D eigenvalue weighted by Gasteiger charge is 2.09. The molecule has 0 unspecified atom stereocenters. The molecule has 122 valence electrons. The third-order valence-corrected chi connectivity index (χ3v) is 3.52. The lowest BCUT2D eigenvalue weighted by molar-refractivity contribution is -0.111. The molecule has 0 atom stereocenters. The zero-order valence-electron chi connectivity index (χ0n) is 13.4. The predicted octanol–water partition coefficient (Wildman–Crippen LogP) is 3.43. The number of carbonyl (C=O) groups excluding carboxylic acids is 1. The van der Waals surface area contributed by atoms with Gasteiger partial charge in [0.25, 0.3) is 0 Å². The zero-order valence-corrected chi connectivity index (χ0v) is 13.4. The Labute approximate surface area is 145 Å². The van der Waals surface area contributed by atoms with Crippen LogP contribution >= 0.6 is 0 Å². The smallest absolute Gasteiger partial charge is 0.247 e. The van der Waals surface area contributed by atoms with Gasteiger partial charge in [0.2, 0.25) is 5.91 Å². The van der Waals surface area contributed by atoms with E-state index in [4.69, 9.17) is 11.2 Å². The topological polar surface area (TPSA) is 64.1 Å². The average Bonchev–Trinajstić information content (AvgIpc) is 2.65. The second-order valence-corrected chi connectivity index (χ2v) is 5.17. The van der Waals surface area contributed by atoms with Crippen molar-refractivity contribution in [1.82, 2.24) is 9.97 Å². The molecule has 3 rings (SSSR count). The van der Waals surface area contributed by atoms with Crippen LogP contribution in [0.4, 0.5) is 5.69 Å². The summed E-state index contributed by atoms with van der Waals surface area (Å²) in [5.74, 6) is 2.85. The first kappa shape index (κ1) is 16.2. The van der Waals surface area contributed by atoms with E-state index >= 15 is 0 Å². The lowest BCUT2D eigenvalue weighted by Crippen LogP contribution is -2.07. The third-order valence-electron chi connectivity index (χ3n) is 3.52. The minimum Gasteiger partial charge on any atom is -0.481 e. The predicted molar refractivity (Wildman–Crippen MR) is 98.1 cm³/mol. The number of hydrogen-bond donors (Lipinski definition) is 1. The second-order valence-electron chi connectivity index (χ2n) is 5.17. The van der Waals surface area contributed by atoms with Crippen molar-refractivity contribution < 1.29 is 9.53 Å². The molecule has 0 bridgehead atoms. The van der Waals surface area contributed by atoms with Gasteiger partial charge < -0.3 is 10.1 Å². The van der Waals surface area contributed by atoms with Crippen molar-refractivity contribution in [2.45, 2.75) is 0 Å². The molecule has 1 N–H and O–H groups in total. The molecule has 0 aliphatic heterocycles. The first-order valence-corrected chi connectivity index (χ1v) is 7.56. The quantitative estimate of drug-likeness (QED) is 0.575. The Morgan fingerprint density at radius 1 is 1.28 bits per heavy atom. The van der Waals surface area contributed by atoms with E-state index in [0.29, 0.717) is 11.4 Å². The van der Waals surface area contributed by atoms with Crippen LogP contribution in [-0.4, -0.2) is 22.5 Å². The Hall–Kier alpha value is -3.65. The van der Waals surface area contributed by atoms with Gasteiger partial charge in [-0.1, -0.05) is 24.6 Å². The third kappa shape index (κ3) is 3.65. The van der Waals surface area contributed by atoms with Crippen LogP contribution in [0.25, 0.3) is 22.2 Å². The molecule has 2 aromatic carbocycles. The molecule has 0 spiro atoms. The standard InChI is InChI=1S/C20H15N3O2/c1-3-10-25-16-7-5-6-14(11-16)20-17-9-8-15(23-19(24)4-2)12-18(17)21-13-22-20/h1,4-9,11-13H,2,10H2,(H,23,24). The highest BCUT2D eigenvalue weighted by Crippen LogP contribution is 2.29. The maximum atomic E-state index is 11.4. The highest BCUT2D eigenvalue weighted by molar-refractivity contribution is 6.01. The first-order chi connectivity index (χ1) is 12.2. The van der Waals surface area contributed by atoms with Crippen LogP contribution < -0.4 is 10.1 Å². The summed E-state index contributed by atoms with van der Waals surface area (Å²) in [7, 11) is 0. The van der Waals surface area contributed by atoms with Gasteiger partial charge in [-0.3, -0.25) is 4.79 Å². The summed E-state index contributed by atoms with van der Waals surface area (Å²) < 4.78 is 5.47. The molecule has 1 aromatic heterocycles. The molecule has 0 aliphatic carbocycles. The summed E-state index contributed by atoms with van der Waals surface area (Å²) >= 11 is 0. The van der Waals surface area contributed by atoms with Gasteiger partial charge in [-0.25, -0.2) is 9.97 Å². The maximum Gasteiger partial charge on any atom is 0.247 e. The van der Waals surface area contributed by atoms with Gasteiger partial charge in [-0.15, -0.1) is 6.42 Å². The minimum atomic E-state index is -0.271. The summed E-state index contributed by atoms with van der Waals surface area (Å²) in [6.07, 6.45) is 7.94. The number of benzene rings is 2. The van der Waals surface area contributed by atoms with E-state index in [1.54, 1.807) is 12.1 Å². The number of terminal acetylenes is 1. The Morgan fingerprint density at radius 2 is 2.16 bits per heavy atom. The number of nitrogens with zero attached hydrogens (tertiary/aromatic N) is 2. The number of anilines is 1. The average molecular weight is 329 g/mol. The van der Waals surface area contributed by atoms with Crippen LogP contribution in [0, 0.1) is 12.3 Å². The molecule has 0 saturated heterocycles. The van der Waals surface area contributed by atoms with Gasteiger partial charge in [0.05, 0.1) is 11.2 Å². The molecule has 1 amide bonds. The van der Waals surface area contributed by atoms with Crippen molar-refractivity contribution in [2.24, 2.45) is 0 Å². The molecular formula is C20H15N3O2. The number of ether oxygens (including phenoxy) is 1. The molecule has 5 nitrogen and oxygen atoms in total. The molecule has 25 heavy (non-hydrogen) atoms. The Morgan fingerprint density at radius 3 is 2.96 bits per heavy atom. The number of hydrogen-bond acceptors (Lipinski definition) is 4. The molecule has 5 heteroatoms. The van der Waals surface area contributed by atoms with Gasteiger partial charge >= 0.3 is 0 Å². The van der Waals surface area contributed by atoms with Crippen LogP contribution in [0.2, 0.25) is 0 Å². The number of rotatable bonds is 5. The van der Waals surface area contributed by atoms with Crippen LogP contribution in [0.3, 0.4) is 0 Å². The molecule has 0 fully saturated rings. The van der Waals surface area contributed by atoms with E-state index in [1.807, 2.05) is 30.3 Å². The van der Waals surface area contributed by atoms with Gasteiger partial charge in [-0.2, -0.15) is 0 Å². The Bertz CT molecular complexity index is 990. The Balaban J connectivity index is 2.01. The number of aromatic nitrogens is 2. The van der Waals surface area contributed by atoms with Gasteiger partial charge in [0.15, 0.2) is 0 Å². The SMILES string of the molecule is C#CCOc1cccc(-c2ncnc3cc(NC(=O)C=C)ccc23)c1. The molecule has 0 saturated carbocycles. The molecule has 0 aliphatic rings. The normalized spacial score (nSPS) is 10.0. The second kappa shape index (κ2) is 7.28. The number of nitrogens with one attached hydrogen (secondary N) is 1. The first-order valence-electron chi connectivity index (χ1n) is 7.56. The molecule has 3 aromatic rings. The van der Waals surface area contributed by atoms with Crippen molar-refractivity contribution in [3.63, 3.8) is 0 Å². The fourth-order valence-corrected chi connectivity index (χ4v) is 2.42. The van der Waals surface area contributed by atoms with E-state index in [9.17, 15) is 4.79 Å². The van der Waals surface area contributed by atoms with Crippen molar-refractivity contribution in [1.29, 1.82) is 0 Å². The maximum absolute atomic E-state index is 11.4. The van der Waals surface area contributed by atoms with E-state index in [-0.39, 0.29) is 12.5 Å². The Kier molecular flexibility index (Phi) is 4.72. The monoisotopic (exact) mass is 329 g/mol. The number of fused-ring (bicyclic) bond motifs is 1. The molecular weight excluding hydrogens is 314 g/mol. The fraction of sp³-hybridized carbons (Fsp3) is 0.0500. The number of carbonyl (C=O) groups is 1. The molecule has 1 heterocycles. The summed E-state index contributed by atoms with van der Waals surface area (Å²) in [5.41, 5.74) is 3.04. The summed E-state index contributed by atoms with van der Waals surface area (Å²) in [5, 5.41) is 3.59. The fourth-order valence-electron chi connectivity index (χ4n) is 2.42. The van der Waals surface area contributed by atoms with E-state index in [0.717, 1.165) is 22.2 Å². The van der Waals surface area contributed by atoms with Crippen molar-refractivity contribution >= 4 is 22.5 Å². The highest BCUT2D eigenvalue weighted by atomic mass is 16.5. The van der Waals surface area contributed by atoms with Crippen LogP contribution in [0.5, 0.6) is 5.75 Å². The minimum absolute atomic E-state index is 0.209.